The molecule has 1 aromatic rings. The van der Waals surface area contributed by atoms with E-state index in [-0.39, 0.29) is 18.3 Å². The number of nitrogens with zero attached hydrogens (tertiary/aromatic N) is 3. The van der Waals surface area contributed by atoms with Crippen LogP contribution in [0.3, 0.4) is 0 Å². The molecule has 1 aromatic heterocycles. The molecule has 0 unspecified atom stereocenters. The Bertz CT molecular complexity index is 516. The standard InChI is InChI=1S/C14H22N4O3S.ClH/c15-14(3-1-2-4-14)13-16-11(21-17-13)9-22-10-12(19)18-5-7-20-8-6-18;/h1-10,15H2;1H. The molecule has 0 atom stereocenters. The van der Waals surface area contributed by atoms with Crippen LogP contribution in [0.5, 0.6) is 0 Å². The third kappa shape index (κ3) is 4.59. The van der Waals surface area contributed by atoms with Crippen LogP contribution in [-0.2, 0) is 20.8 Å². The summed E-state index contributed by atoms with van der Waals surface area (Å²) in [5.41, 5.74) is 5.88. The maximum atomic E-state index is 12.0. The number of carbonyl (C=O) groups is 1. The van der Waals surface area contributed by atoms with Crippen LogP contribution in [0.15, 0.2) is 4.52 Å². The van der Waals surface area contributed by atoms with Gasteiger partial charge in [-0.05, 0) is 12.8 Å². The highest BCUT2D eigenvalue weighted by Gasteiger charge is 2.35. The fourth-order valence-corrected chi connectivity index (χ4v) is 3.63. The molecule has 9 heteroatoms. The summed E-state index contributed by atoms with van der Waals surface area (Å²) in [5.74, 6) is 2.26. The van der Waals surface area contributed by atoms with Gasteiger partial charge in [0.25, 0.3) is 0 Å². The van der Waals surface area contributed by atoms with Crippen molar-refractivity contribution in [2.24, 2.45) is 5.73 Å². The number of ether oxygens (including phenoxy) is 1. The zero-order chi connectivity index (χ0) is 15.4. The van der Waals surface area contributed by atoms with Crippen LogP contribution < -0.4 is 5.73 Å². The summed E-state index contributed by atoms with van der Waals surface area (Å²) in [6.45, 7) is 2.61. The summed E-state index contributed by atoms with van der Waals surface area (Å²) in [6.07, 6.45) is 4.05. The van der Waals surface area contributed by atoms with Crippen molar-refractivity contribution < 1.29 is 14.1 Å². The van der Waals surface area contributed by atoms with Crippen LogP contribution in [0.1, 0.15) is 37.4 Å². The molecule has 1 saturated carbocycles. The third-order valence-electron chi connectivity index (χ3n) is 4.22. The number of rotatable bonds is 5. The average Bonchev–Trinajstić information content (AvgIpc) is 3.18. The summed E-state index contributed by atoms with van der Waals surface area (Å²) in [7, 11) is 0. The maximum absolute atomic E-state index is 12.0. The minimum Gasteiger partial charge on any atom is -0.378 e. The molecule has 2 N–H and O–H groups in total. The van der Waals surface area contributed by atoms with E-state index in [9.17, 15) is 4.79 Å². The molecule has 23 heavy (non-hydrogen) atoms. The first kappa shape index (κ1) is 18.5. The zero-order valence-electron chi connectivity index (χ0n) is 13.0. The van der Waals surface area contributed by atoms with Crippen molar-refractivity contribution in [3.63, 3.8) is 0 Å². The number of aromatic nitrogens is 2. The molecule has 0 spiro atoms. The van der Waals surface area contributed by atoms with E-state index in [2.05, 4.69) is 10.1 Å². The van der Waals surface area contributed by atoms with Crippen LogP contribution in [0, 0.1) is 0 Å². The summed E-state index contributed by atoms with van der Waals surface area (Å²) < 4.78 is 10.5. The Morgan fingerprint density at radius 1 is 1.30 bits per heavy atom. The number of thioether (sulfide) groups is 1. The molecule has 7 nitrogen and oxygen atoms in total. The highest BCUT2D eigenvalue weighted by atomic mass is 35.5. The predicted octanol–water partition coefficient (Wildman–Crippen LogP) is 1.31. The van der Waals surface area contributed by atoms with Crippen LogP contribution >= 0.6 is 24.2 Å². The van der Waals surface area contributed by atoms with Crippen molar-refractivity contribution in [3.8, 4) is 0 Å². The van der Waals surface area contributed by atoms with Crippen LogP contribution in [0.4, 0.5) is 0 Å². The fourth-order valence-electron chi connectivity index (χ4n) is 2.87. The van der Waals surface area contributed by atoms with Gasteiger partial charge in [0.15, 0.2) is 5.82 Å². The van der Waals surface area contributed by atoms with Gasteiger partial charge >= 0.3 is 0 Å². The summed E-state index contributed by atoms with van der Waals surface area (Å²) in [5, 5.41) is 4.02. The van der Waals surface area contributed by atoms with Gasteiger partial charge in [0.05, 0.1) is 30.3 Å². The van der Waals surface area contributed by atoms with Gasteiger partial charge in [-0.15, -0.1) is 24.2 Å². The van der Waals surface area contributed by atoms with E-state index in [1.807, 2.05) is 4.90 Å². The smallest absolute Gasteiger partial charge is 0.236 e. The second-order valence-corrected chi connectivity index (χ2v) is 6.85. The van der Waals surface area contributed by atoms with Crippen LogP contribution in [0.25, 0.3) is 0 Å². The third-order valence-corrected chi connectivity index (χ3v) is 5.13. The second kappa shape index (κ2) is 8.32. The highest BCUT2D eigenvalue weighted by molar-refractivity contribution is 7.99. The van der Waals surface area contributed by atoms with Crippen molar-refractivity contribution >= 4 is 30.1 Å². The molecule has 2 aliphatic rings. The van der Waals surface area contributed by atoms with Gasteiger partial charge < -0.3 is 19.9 Å². The number of morpholine rings is 1. The van der Waals surface area contributed by atoms with Gasteiger partial charge in [-0.2, -0.15) is 4.98 Å². The van der Waals surface area contributed by atoms with Crippen molar-refractivity contribution in [1.82, 2.24) is 15.0 Å². The summed E-state index contributed by atoms with van der Waals surface area (Å²) in [4.78, 5) is 18.3. The molecule has 1 aliphatic carbocycles. The van der Waals surface area contributed by atoms with E-state index in [0.29, 0.717) is 49.5 Å². The Morgan fingerprint density at radius 2 is 2.00 bits per heavy atom. The maximum Gasteiger partial charge on any atom is 0.236 e. The molecule has 1 amide bonds. The van der Waals surface area contributed by atoms with E-state index in [0.717, 1.165) is 25.7 Å². The van der Waals surface area contributed by atoms with Gasteiger partial charge in [-0.3, -0.25) is 4.79 Å². The fraction of sp³-hybridized carbons (Fsp3) is 0.786. The largest absolute Gasteiger partial charge is 0.378 e. The number of carbonyl (C=O) groups excluding carboxylic acids is 1. The molecule has 3 rings (SSSR count). The Balaban J connectivity index is 0.00000192. The Labute approximate surface area is 146 Å². The monoisotopic (exact) mass is 362 g/mol. The normalized spacial score (nSPS) is 20.3. The first-order chi connectivity index (χ1) is 10.7. The van der Waals surface area contributed by atoms with Crippen molar-refractivity contribution in [3.05, 3.63) is 11.7 Å². The highest BCUT2D eigenvalue weighted by Crippen LogP contribution is 2.34. The minimum absolute atomic E-state index is 0. The Hall–Kier alpha value is -0.830. The van der Waals surface area contributed by atoms with Crippen molar-refractivity contribution in [1.29, 1.82) is 0 Å². The van der Waals surface area contributed by atoms with Crippen LogP contribution in [0.2, 0.25) is 0 Å². The zero-order valence-corrected chi connectivity index (χ0v) is 14.7. The van der Waals surface area contributed by atoms with E-state index < -0.39 is 5.54 Å². The molecule has 2 heterocycles. The van der Waals surface area contributed by atoms with E-state index in [1.54, 1.807) is 0 Å². The number of amides is 1. The summed E-state index contributed by atoms with van der Waals surface area (Å²) in [6, 6.07) is 0. The quantitative estimate of drug-likeness (QED) is 0.843. The minimum atomic E-state index is -0.421. The average molecular weight is 363 g/mol. The number of hydrogen-bond donors (Lipinski definition) is 1. The lowest BCUT2D eigenvalue weighted by Gasteiger charge is -2.26. The van der Waals surface area contributed by atoms with E-state index in [4.69, 9.17) is 15.0 Å². The van der Waals surface area contributed by atoms with E-state index >= 15 is 0 Å². The second-order valence-electron chi connectivity index (χ2n) is 5.86. The molecular formula is C14H23ClN4O3S. The van der Waals surface area contributed by atoms with Gasteiger partial charge in [0, 0.05) is 13.1 Å². The van der Waals surface area contributed by atoms with Crippen molar-refractivity contribution in [2.45, 2.75) is 37.0 Å². The molecular weight excluding hydrogens is 340 g/mol. The molecule has 0 bridgehead atoms. The molecule has 0 aromatic carbocycles. The van der Waals surface area contributed by atoms with Gasteiger partial charge in [-0.25, -0.2) is 0 Å². The van der Waals surface area contributed by atoms with Gasteiger partial charge in [0.2, 0.25) is 11.8 Å². The van der Waals surface area contributed by atoms with Gasteiger partial charge in [-0.1, -0.05) is 18.0 Å². The lowest BCUT2D eigenvalue weighted by Crippen LogP contribution is -2.41. The van der Waals surface area contributed by atoms with E-state index in [1.165, 1.54) is 11.8 Å². The number of halogens is 1. The topological polar surface area (TPSA) is 94.5 Å². The first-order valence-corrected chi connectivity index (χ1v) is 8.88. The number of hydrogen-bond acceptors (Lipinski definition) is 7. The van der Waals surface area contributed by atoms with Crippen molar-refractivity contribution in [2.75, 3.05) is 32.1 Å². The molecule has 130 valence electrons. The SMILES string of the molecule is Cl.NC1(c2noc(CSCC(=O)N3CCOCC3)n2)CCCC1. The number of nitrogens with two attached hydrogens (primary N) is 1. The predicted molar refractivity (Wildman–Crippen MR) is 89.4 cm³/mol. The molecule has 1 saturated heterocycles. The molecule has 0 radical (unpaired) electrons. The van der Waals surface area contributed by atoms with Crippen LogP contribution in [-0.4, -0.2) is 53.0 Å². The lowest BCUT2D eigenvalue weighted by molar-refractivity contribution is -0.132. The molecule has 1 aliphatic heterocycles. The molecule has 2 fully saturated rings. The Kier molecular flexibility index (Phi) is 6.70. The Morgan fingerprint density at radius 3 is 2.70 bits per heavy atom. The van der Waals surface area contributed by atoms with Gasteiger partial charge in [0.1, 0.15) is 0 Å². The summed E-state index contributed by atoms with van der Waals surface area (Å²) >= 11 is 1.49. The lowest BCUT2D eigenvalue weighted by atomic mass is 9.99. The first-order valence-electron chi connectivity index (χ1n) is 7.73.